The summed E-state index contributed by atoms with van der Waals surface area (Å²) in [7, 11) is 1.65. The Morgan fingerprint density at radius 3 is 2.41 bits per heavy atom. The number of aryl methyl sites for hydroxylation is 3. The molecule has 0 aliphatic carbocycles. The Hall–Kier alpha value is -3.09. The molecule has 0 spiro atoms. The van der Waals surface area contributed by atoms with E-state index < -0.39 is 0 Å². The van der Waals surface area contributed by atoms with Crippen molar-refractivity contribution in [2.75, 3.05) is 7.11 Å². The van der Waals surface area contributed by atoms with Crippen molar-refractivity contribution in [2.24, 2.45) is 0 Å². The molecule has 0 saturated heterocycles. The van der Waals surface area contributed by atoms with Gasteiger partial charge >= 0.3 is 5.69 Å². The van der Waals surface area contributed by atoms with Gasteiger partial charge in [0, 0.05) is 13.1 Å². The largest absolute Gasteiger partial charge is 0.496 e. The molecule has 0 amide bonds. The van der Waals surface area contributed by atoms with Crippen LogP contribution in [0.3, 0.4) is 0 Å². The molecule has 0 unspecified atom stereocenters. The maximum atomic E-state index is 12.5. The second-order valence-electron chi connectivity index (χ2n) is 6.41. The highest BCUT2D eigenvalue weighted by Gasteiger charge is 2.15. The van der Waals surface area contributed by atoms with Gasteiger partial charge in [0.1, 0.15) is 17.1 Å². The van der Waals surface area contributed by atoms with Gasteiger partial charge in [-0.3, -0.25) is 13.9 Å². The van der Waals surface area contributed by atoms with E-state index >= 15 is 0 Å². The molecular weight excluding hydrogens is 344 g/mol. The maximum Gasteiger partial charge on any atom is 0.332 e. The van der Waals surface area contributed by atoms with E-state index in [0.717, 1.165) is 22.4 Å². The summed E-state index contributed by atoms with van der Waals surface area (Å²) in [6.07, 6.45) is 3.75. The number of ether oxygens (including phenoxy) is 1. The van der Waals surface area contributed by atoms with Crippen molar-refractivity contribution in [2.45, 2.75) is 40.8 Å². The Balaban J connectivity index is 2.10. The Labute approximate surface area is 156 Å². The molecule has 27 heavy (non-hydrogen) atoms. The average molecular weight is 368 g/mol. The second kappa shape index (κ2) is 7.26. The first-order chi connectivity index (χ1) is 12.9. The first-order valence-electron chi connectivity index (χ1n) is 8.97. The first-order valence-corrected chi connectivity index (χ1v) is 8.97. The lowest BCUT2D eigenvalue weighted by atomic mass is 10.0. The summed E-state index contributed by atoms with van der Waals surface area (Å²) in [6.45, 7) is 8.40. The fraction of sp³-hybridized carbons (Fsp3) is 0.350. The van der Waals surface area contributed by atoms with E-state index in [9.17, 15) is 9.59 Å². The van der Waals surface area contributed by atoms with E-state index in [2.05, 4.69) is 9.97 Å². The summed E-state index contributed by atoms with van der Waals surface area (Å²) in [5.41, 5.74) is 3.21. The van der Waals surface area contributed by atoms with Crippen molar-refractivity contribution >= 4 is 23.3 Å². The van der Waals surface area contributed by atoms with Crippen LogP contribution in [-0.2, 0) is 13.1 Å². The molecule has 7 heteroatoms. The molecule has 0 atom stereocenters. The molecule has 1 aromatic carbocycles. The SMILES string of the molecule is CCn1c(=O)c2[nH]c(/C=C/c3cc(C)c(OC)cc3C)nc2n(CC)c1=O. The minimum absolute atomic E-state index is 0.322. The number of imidazole rings is 1. The van der Waals surface area contributed by atoms with Gasteiger partial charge in [-0.1, -0.05) is 6.08 Å². The van der Waals surface area contributed by atoms with Gasteiger partial charge in [0.2, 0.25) is 0 Å². The Kier molecular flexibility index (Phi) is 5.03. The van der Waals surface area contributed by atoms with E-state index in [1.807, 2.05) is 45.1 Å². The summed E-state index contributed by atoms with van der Waals surface area (Å²) in [5.74, 6) is 1.38. The van der Waals surface area contributed by atoms with Gasteiger partial charge in [-0.05, 0) is 62.6 Å². The number of nitrogens with zero attached hydrogens (tertiary/aromatic N) is 3. The van der Waals surface area contributed by atoms with Crippen LogP contribution < -0.4 is 16.0 Å². The van der Waals surface area contributed by atoms with Crippen molar-refractivity contribution < 1.29 is 4.74 Å². The van der Waals surface area contributed by atoms with Crippen LogP contribution in [-0.4, -0.2) is 26.2 Å². The number of rotatable bonds is 5. The van der Waals surface area contributed by atoms with E-state index in [0.29, 0.717) is 30.1 Å². The smallest absolute Gasteiger partial charge is 0.332 e. The van der Waals surface area contributed by atoms with Gasteiger partial charge in [0.05, 0.1) is 7.11 Å². The van der Waals surface area contributed by atoms with Crippen LogP contribution in [0.15, 0.2) is 21.7 Å². The predicted molar refractivity (Wildman–Crippen MR) is 107 cm³/mol. The molecule has 0 aliphatic rings. The summed E-state index contributed by atoms with van der Waals surface area (Å²) in [5, 5.41) is 0. The molecule has 3 aromatic rings. The van der Waals surface area contributed by atoms with Gasteiger partial charge in [-0.15, -0.1) is 0 Å². The summed E-state index contributed by atoms with van der Waals surface area (Å²) >= 11 is 0. The molecule has 0 aliphatic heterocycles. The standard InChI is InChI=1S/C20H24N4O3/c1-6-23-18-17(19(25)24(7-2)20(23)26)21-16(22-18)9-8-14-10-13(4)15(27-5)11-12(14)3/h8-11H,6-7H2,1-5H3,(H,21,22)/b9-8+. The van der Waals surface area contributed by atoms with Crippen LogP contribution >= 0.6 is 0 Å². The summed E-state index contributed by atoms with van der Waals surface area (Å²) < 4.78 is 8.07. The monoisotopic (exact) mass is 368 g/mol. The molecular formula is C20H24N4O3. The van der Waals surface area contributed by atoms with Crippen LogP contribution in [0.25, 0.3) is 23.3 Å². The van der Waals surface area contributed by atoms with Gasteiger partial charge in [-0.2, -0.15) is 0 Å². The van der Waals surface area contributed by atoms with Crippen LogP contribution in [0.5, 0.6) is 5.75 Å². The third-order valence-corrected chi connectivity index (χ3v) is 4.72. The number of hydrogen-bond donors (Lipinski definition) is 1. The zero-order valence-corrected chi connectivity index (χ0v) is 16.3. The van der Waals surface area contributed by atoms with Crippen molar-refractivity contribution in [1.29, 1.82) is 0 Å². The molecule has 142 valence electrons. The average Bonchev–Trinajstić information content (AvgIpc) is 3.07. The minimum atomic E-state index is -0.342. The summed E-state index contributed by atoms with van der Waals surface area (Å²) in [4.78, 5) is 32.5. The van der Waals surface area contributed by atoms with E-state index in [1.54, 1.807) is 14.0 Å². The third-order valence-electron chi connectivity index (χ3n) is 4.72. The molecule has 0 fully saturated rings. The number of benzene rings is 1. The number of aromatic amines is 1. The highest BCUT2D eigenvalue weighted by Crippen LogP contribution is 2.23. The van der Waals surface area contributed by atoms with E-state index in [1.165, 1.54) is 9.13 Å². The van der Waals surface area contributed by atoms with Crippen molar-refractivity contribution in [3.05, 3.63) is 55.5 Å². The molecule has 3 rings (SSSR count). The third kappa shape index (κ3) is 3.20. The fourth-order valence-electron chi connectivity index (χ4n) is 3.21. The van der Waals surface area contributed by atoms with Crippen LogP contribution in [0.4, 0.5) is 0 Å². The molecule has 2 heterocycles. The molecule has 2 aromatic heterocycles. The molecule has 1 N–H and O–H groups in total. The highest BCUT2D eigenvalue weighted by atomic mass is 16.5. The quantitative estimate of drug-likeness (QED) is 0.751. The van der Waals surface area contributed by atoms with E-state index in [4.69, 9.17) is 4.74 Å². The molecule has 0 radical (unpaired) electrons. The van der Waals surface area contributed by atoms with Gasteiger partial charge in [-0.25, -0.2) is 9.78 Å². The van der Waals surface area contributed by atoms with Crippen LogP contribution in [0.2, 0.25) is 0 Å². The lowest BCUT2D eigenvalue weighted by Crippen LogP contribution is -2.39. The van der Waals surface area contributed by atoms with Crippen LogP contribution in [0.1, 0.15) is 36.4 Å². The zero-order valence-electron chi connectivity index (χ0n) is 16.3. The van der Waals surface area contributed by atoms with Crippen molar-refractivity contribution in [3.63, 3.8) is 0 Å². The van der Waals surface area contributed by atoms with Gasteiger partial charge in [0.25, 0.3) is 5.56 Å². The Bertz CT molecular complexity index is 1150. The molecule has 0 bridgehead atoms. The topological polar surface area (TPSA) is 81.9 Å². The fourth-order valence-corrected chi connectivity index (χ4v) is 3.21. The number of hydrogen-bond acceptors (Lipinski definition) is 4. The number of fused-ring (bicyclic) bond motifs is 1. The Morgan fingerprint density at radius 2 is 1.78 bits per heavy atom. The minimum Gasteiger partial charge on any atom is -0.496 e. The number of methoxy groups -OCH3 is 1. The normalized spacial score (nSPS) is 11.6. The van der Waals surface area contributed by atoms with Gasteiger partial charge in [0.15, 0.2) is 5.65 Å². The number of H-pyrrole nitrogens is 1. The lowest BCUT2D eigenvalue weighted by molar-refractivity contribution is 0.411. The summed E-state index contributed by atoms with van der Waals surface area (Å²) in [6, 6.07) is 4.03. The number of nitrogens with one attached hydrogen (secondary N) is 1. The number of aromatic nitrogens is 4. The van der Waals surface area contributed by atoms with Crippen LogP contribution in [0, 0.1) is 13.8 Å². The molecule has 7 nitrogen and oxygen atoms in total. The first kappa shape index (κ1) is 18.7. The van der Waals surface area contributed by atoms with Crippen molar-refractivity contribution in [1.82, 2.24) is 19.1 Å². The second-order valence-corrected chi connectivity index (χ2v) is 6.41. The predicted octanol–water partition coefficient (Wildman–Crippen LogP) is 2.72. The lowest BCUT2D eigenvalue weighted by Gasteiger charge is -2.08. The van der Waals surface area contributed by atoms with Crippen molar-refractivity contribution in [3.8, 4) is 5.75 Å². The van der Waals surface area contributed by atoms with E-state index in [-0.39, 0.29) is 11.2 Å². The van der Waals surface area contributed by atoms with Gasteiger partial charge < -0.3 is 9.72 Å². The molecule has 0 saturated carbocycles. The highest BCUT2D eigenvalue weighted by molar-refractivity contribution is 5.76. The zero-order chi connectivity index (χ0) is 19.7. The maximum absolute atomic E-state index is 12.5. The Morgan fingerprint density at radius 1 is 1.07 bits per heavy atom.